The normalized spacial score (nSPS) is 16.8. The zero-order valence-corrected chi connectivity index (χ0v) is 12.0. The van der Waals surface area contributed by atoms with E-state index in [4.69, 9.17) is 14.2 Å². The summed E-state index contributed by atoms with van der Waals surface area (Å²) < 4.78 is 15.6. The Hall–Kier alpha value is -2.15. The minimum Gasteiger partial charge on any atom is -0.495 e. The lowest BCUT2D eigenvalue weighted by Gasteiger charge is -2.12. The average molecular weight is 295 g/mol. The van der Waals surface area contributed by atoms with Gasteiger partial charge in [-0.2, -0.15) is 0 Å². The third-order valence-electron chi connectivity index (χ3n) is 2.67. The van der Waals surface area contributed by atoms with Crippen molar-refractivity contribution in [1.82, 2.24) is 5.32 Å². The molecule has 20 heavy (non-hydrogen) atoms. The minimum absolute atomic E-state index is 0.227. The van der Waals surface area contributed by atoms with Gasteiger partial charge in [0.15, 0.2) is 11.5 Å². The van der Waals surface area contributed by atoms with Crippen molar-refractivity contribution in [2.75, 3.05) is 21.3 Å². The van der Waals surface area contributed by atoms with Gasteiger partial charge in [0, 0.05) is 5.56 Å². The molecule has 0 aromatic heterocycles. The summed E-state index contributed by atoms with van der Waals surface area (Å²) in [5.74, 6) is 0.928. The second kappa shape index (κ2) is 5.87. The smallest absolute Gasteiger partial charge is 0.291 e. The Bertz CT molecular complexity index is 596. The molecule has 1 aromatic rings. The second-order valence-electron chi connectivity index (χ2n) is 3.78. The predicted octanol–water partition coefficient (Wildman–Crippen LogP) is 2.00. The highest BCUT2D eigenvalue weighted by molar-refractivity contribution is 8.18. The Kier molecular flexibility index (Phi) is 4.19. The van der Waals surface area contributed by atoms with Crippen molar-refractivity contribution in [3.05, 3.63) is 28.7 Å². The van der Waals surface area contributed by atoms with E-state index in [1.54, 1.807) is 18.2 Å². The van der Waals surface area contributed by atoms with Crippen molar-refractivity contribution < 1.29 is 23.8 Å². The van der Waals surface area contributed by atoms with Crippen LogP contribution >= 0.6 is 11.8 Å². The van der Waals surface area contributed by atoms with E-state index in [-0.39, 0.29) is 4.91 Å². The number of amides is 2. The number of imide groups is 1. The molecule has 1 aliphatic rings. The molecule has 106 valence electrons. The van der Waals surface area contributed by atoms with Gasteiger partial charge in [-0.05, 0) is 30.0 Å². The summed E-state index contributed by atoms with van der Waals surface area (Å²) >= 11 is 0.808. The first kappa shape index (κ1) is 14.3. The average Bonchev–Trinajstić information content (AvgIpc) is 2.78. The van der Waals surface area contributed by atoms with E-state index in [0.717, 1.165) is 11.8 Å². The van der Waals surface area contributed by atoms with Crippen LogP contribution in [-0.4, -0.2) is 32.5 Å². The van der Waals surface area contributed by atoms with E-state index in [1.165, 1.54) is 21.3 Å². The van der Waals surface area contributed by atoms with Gasteiger partial charge in [0.05, 0.1) is 21.3 Å². The molecule has 0 saturated carbocycles. The number of nitrogens with one attached hydrogen (secondary N) is 1. The van der Waals surface area contributed by atoms with Gasteiger partial charge in [-0.25, -0.2) is 0 Å². The number of carbonyl (C=O) groups excluding carboxylic acids is 2. The van der Waals surface area contributed by atoms with Crippen LogP contribution in [0.1, 0.15) is 5.56 Å². The molecule has 1 fully saturated rings. The summed E-state index contributed by atoms with van der Waals surface area (Å²) in [5, 5.41) is 1.78. The molecule has 2 amide bonds. The quantitative estimate of drug-likeness (QED) is 0.676. The number of hydrogen-bond donors (Lipinski definition) is 1. The molecule has 1 heterocycles. The van der Waals surface area contributed by atoms with E-state index in [1.807, 2.05) is 0 Å². The maximum Gasteiger partial charge on any atom is 0.291 e. The third kappa shape index (κ3) is 2.57. The van der Waals surface area contributed by atoms with Crippen molar-refractivity contribution >= 4 is 28.7 Å². The highest BCUT2D eigenvalue weighted by Crippen LogP contribution is 2.36. The van der Waals surface area contributed by atoms with E-state index in [2.05, 4.69) is 5.32 Å². The number of benzene rings is 1. The Morgan fingerprint density at radius 3 is 2.30 bits per heavy atom. The van der Waals surface area contributed by atoms with Gasteiger partial charge in [-0.15, -0.1) is 0 Å². The van der Waals surface area contributed by atoms with Crippen LogP contribution < -0.4 is 14.8 Å². The van der Waals surface area contributed by atoms with Crippen LogP contribution in [0.5, 0.6) is 11.5 Å². The molecule has 0 atom stereocenters. The zero-order chi connectivity index (χ0) is 14.7. The summed E-state index contributed by atoms with van der Waals surface area (Å²) in [7, 11) is 4.49. The first-order chi connectivity index (χ1) is 9.60. The molecule has 0 spiro atoms. The van der Waals surface area contributed by atoms with Gasteiger partial charge in [0.1, 0.15) is 10.7 Å². The predicted molar refractivity (Wildman–Crippen MR) is 74.6 cm³/mol. The van der Waals surface area contributed by atoms with Gasteiger partial charge >= 0.3 is 0 Å². The molecule has 0 bridgehead atoms. The number of ether oxygens (including phenoxy) is 3. The Labute approximate surface area is 120 Å². The first-order valence-electron chi connectivity index (χ1n) is 5.64. The van der Waals surface area contributed by atoms with E-state index < -0.39 is 11.1 Å². The Balaban J connectivity index is 2.50. The lowest BCUT2D eigenvalue weighted by Crippen LogP contribution is -2.18. The molecule has 0 unspecified atom stereocenters. The molecular weight excluding hydrogens is 282 g/mol. The van der Waals surface area contributed by atoms with E-state index in [9.17, 15) is 9.59 Å². The number of carbonyl (C=O) groups is 2. The van der Waals surface area contributed by atoms with E-state index in [0.29, 0.717) is 22.8 Å². The molecule has 6 nitrogen and oxygen atoms in total. The number of rotatable bonds is 4. The van der Waals surface area contributed by atoms with Crippen LogP contribution in [0.15, 0.2) is 23.1 Å². The van der Waals surface area contributed by atoms with Crippen LogP contribution in [0.4, 0.5) is 4.79 Å². The molecule has 0 aliphatic carbocycles. The van der Waals surface area contributed by atoms with Gasteiger partial charge in [-0.3, -0.25) is 14.9 Å². The SMILES string of the molecule is COC(=C1SC(=O)NC1=O)c1ccc(OC)c(OC)c1. The summed E-state index contributed by atoms with van der Waals surface area (Å²) in [6, 6.07) is 5.11. The largest absolute Gasteiger partial charge is 0.495 e. The van der Waals surface area contributed by atoms with Crippen molar-refractivity contribution in [1.29, 1.82) is 0 Å². The van der Waals surface area contributed by atoms with Crippen LogP contribution in [0.2, 0.25) is 0 Å². The monoisotopic (exact) mass is 295 g/mol. The molecule has 7 heteroatoms. The van der Waals surface area contributed by atoms with Crippen molar-refractivity contribution in [3.63, 3.8) is 0 Å². The Morgan fingerprint density at radius 2 is 1.80 bits per heavy atom. The summed E-state index contributed by atoms with van der Waals surface area (Å²) in [6.07, 6.45) is 0. The van der Waals surface area contributed by atoms with Crippen molar-refractivity contribution in [2.45, 2.75) is 0 Å². The lowest BCUT2D eigenvalue weighted by atomic mass is 10.1. The van der Waals surface area contributed by atoms with Gasteiger partial charge in [0.25, 0.3) is 11.1 Å². The number of thioether (sulfide) groups is 1. The maximum absolute atomic E-state index is 11.7. The first-order valence-corrected chi connectivity index (χ1v) is 6.46. The van der Waals surface area contributed by atoms with Crippen LogP contribution in [-0.2, 0) is 9.53 Å². The standard InChI is InChI=1S/C13H13NO5S/c1-17-8-5-4-7(6-9(8)18-2)10(19-3)11-12(15)14-13(16)20-11/h4-6H,1-3H3,(H,14,15,16). The molecular formula is C13H13NO5S. The molecule has 2 rings (SSSR count). The third-order valence-corrected chi connectivity index (χ3v) is 3.54. The molecule has 0 radical (unpaired) electrons. The molecule has 1 saturated heterocycles. The minimum atomic E-state index is -0.466. The van der Waals surface area contributed by atoms with Crippen LogP contribution in [0.25, 0.3) is 5.76 Å². The second-order valence-corrected chi connectivity index (χ2v) is 4.76. The van der Waals surface area contributed by atoms with Crippen molar-refractivity contribution in [2.24, 2.45) is 0 Å². The van der Waals surface area contributed by atoms with Crippen LogP contribution in [0.3, 0.4) is 0 Å². The summed E-state index contributed by atoms with van der Waals surface area (Å²) in [5.41, 5.74) is 0.623. The summed E-state index contributed by atoms with van der Waals surface area (Å²) in [4.78, 5) is 23.2. The fourth-order valence-corrected chi connectivity index (χ4v) is 2.55. The summed E-state index contributed by atoms with van der Waals surface area (Å²) in [6.45, 7) is 0. The molecule has 1 aromatic carbocycles. The van der Waals surface area contributed by atoms with Gasteiger partial charge in [0.2, 0.25) is 0 Å². The Morgan fingerprint density at radius 1 is 1.10 bits per heavy atom. The lowest BCUT2D eigenvalue weighted by molar-refractivity contribution is -0.115. The van der Waals surface area contributed by atoms with Crippen LogP contribution in [0, 0.1) is 0 Å². The zero-order valence-electron chi connectivity index (χ0n) is 11.2. The van der Waals surface area contributed by atoms with Crippen molar-refractivity contribution in [3.8, 4) is 11.5 Å². The fraction of sp³-hybridized carbons (Fsp3) is 0.231. The highest BCUT2D eigenvalue weighted by atomic mass is 32.2. The van der Waals surface area contributed by atoms with Gasteiger partial charge in [-0.1, -0.05) is 0 Å². The maximum atomic E-state index is 11.7. The topological polar surface area (TPSA) is 73.9 Å². The number of hydrogen-bond acceptors (Lipinski definition) is 6. The number of methoxy groups -OCH3 is 3. The molecule has 1 aliphatic heterocycles. The van der Waals surface area contributed by atoms with Gasteiger partial charge < -0.3 is 14.2 Å². The molecule has 1 N–H and O–H groups in total. The van der Waals surface area contributed by atoms with E-state index >= 15 is 0 Å². The fourth-order valence-electron chi connectivity index (χ4n) is 1.78. The highest BCUT2D eigenvalue weighted by Gasteiger charge is 2.30.